The summed E-state index contributed by atoms with van der Waals surface area (Å²) in [6, 6.07) is -4.86. The summed E-state index contributed by atoms with van der Waals surface area (Å²) in [6.45, 7) is 2.83. The Balaban J connectivity index is 3.18. The SMILES string of the molecule is CSCC[C@H](NC(=O)[C@H](CCSC)NC(=O)[C@H](CCCN=C(N)N)NC(=O)[C@H](CC1CCCCC1)NC(C)=O)C(=O)N[C@@H](C)C(=O)NCCO. The van der Waals surface area contributed by atoms with Crippen LogP contribution in [0.3, 0.4) is 0 Å². The molecule has 1 fully saturated rings. The zero-order valence-corrected chi connectivity index (χ0v) is 31.5. The lowest BCUT2D eigenvalue weighted by molar-refractivity contribution is -0.135. The van der Waals surface area contributed by atoms with Gasteiger partial charge in [0.1, 0.15) is 30.2 Å². The molecule has 286 valence electrons. The first-order valence-corrected chi connectivity index (χ1v) is 20.0. The van der Waals surface area contributed by atoms with Crippen molar-refractivity contribution in [1.29, 1.82) is 0 Å². The van der Waals surface area contributed by atoms with Crippen LogP contribution in [-0.4, -0.2) is 120 Å². The summed E-state index contributed by atoms with van der Waals surface area (Å²) in [6.07, 6.45) is 10.3. The van der Waals surface area contributed by atoms with Gasteiger partial charge in [0, 0.05) is 20.0 Å². The van der Waals surface area contributed by atoms with Gasteiger partial charge in [0.05, 0.1) is 6.61 Å². The van der Waals surface area contributed by atoms with Crippen LogP contribution in [0.4, 0.5) is 0 Å². The number of aliphatic hydroxyl groups is 1. The molecule has 50 heavy (non-hydrogen) atoms. The molecule has 18 heteroatoms. The van der Waals surface area contributed by atoms with Crippen molar-refractivity contribution in [3.8, 4) is 0 Å². The van der Waals surface area contributed by atoms with Crippen LogP contribution in [0.15, 0.2) is 4.99 Å². The number of aliphatic hydroxyl groups excluding tert-OH is 1. The first-order chi connectivity index (χ1) is 23.8. The number of nitrogens with one attached hydrogen (secondary N) is 6. The van der Waals surface area contributed by atoms with Gasteiger partial charge in [-0.05, 0) is 69.0 Å². The maximum Gasteiger partial charge on any atom is 0.243 e. The summed E-state index contributed by atoms with van der Waals surface area (Å²) in [5, 5.41) is 25.1. The van der Waals surface area contributed by atoms with Crippen LogP contribution < -0.4 is 43.4 Å². The highest BCUT2D eigenvalue weighted by molar-refractivity contribution is 7.98. The molecular formula is C32H59N9O7S2. The minimum Gasteiger partial charge on any atom is -0.395 e. The van der Waals surface area contributed by atoms with E-state index in [-0.39, 0.29) is 56.7 Å². The number of hydrogen-bond acceptors (Lipinski definition) is 10. The largest absolute Gasteiger partial charge is 0.395 e. The lowest BCUT2D eigenvalue weighted by atomic mass is 9.84. The third-order valence-electron chi connectivity index (χ3n) is 8.22. The first-order valence-electron chi connectivity index (χ1n) is 17.2. The summed E-state index contributed by atoms with van der Waals surface area (Å²) < 4.78 is 0. The Morgan fingerprint density at radius 3 is 1.72 bits per heavy atom. The number of rotatable bonds is 24. The van der Waals surface area contributed by atoms with Gasteiger partial charge in [-0.1, -0.05) is 32.1 Å². The van der Waals surface area contributed by atoms with Crippen molar-refractivity contribution in [2.75, 3.05) is 43.7 Å². The molecule has 0 aromatic heterocycles. The van der Waals surface area contributed by atoms with Gasteiger partial charge < -0.3 is 48.5 Å². The lowest BCUT2D eigenvalue weighted by Crippen LogP contribution is -2.59. The molecule has 16 nitrogen and oxygen atoms in total. The standard InChI is InChI=1S/C32H59N9O7S2/c1-20(27(44)35-15-16-42)37-28(45)24(12-17-49-3)40-30(47)25(13-18-50-4)41-29(46)23(11-8-14-36-32(33)34)39-31(48)26(38-21(2)43)19-22-9-6-5-7-10-22/h20,22-26,42H,5-19H2,1-4H3,(H,35,44)(H,37,45)(H,38,43)(H,39,48)(H,40,47)(H,41,46)(H4,33,34,36)/t20-,23-,24-,25-,26-/m0/s1. The van der Waals surface area contributed by atoms with Crippen molar-refractivity contribution in [3.05, 3.63) is 0 Å². The molecule has 0 heterocycles. The zero-order valence-electron chi connectivity index (χ0n) is 29.9. The first kappa shape index (κ1) is 44.8. The Labute approximate surface area is 304 Å². The fraction of sp³-hybridized carbons (Fsp3) is 0.781. The Morgan fingerprint density at radius 2 is 1.24 bits per heavy atom. The number of aliphatic imine (C=N–C) groups is 1. The number of carbonyl (C=O) groups is 6. The van der Waals surface area contributed by atoms with Crippen molar-refractivity contribution in [2.24, 2.45) is 22.4 Å². The molecule has 0 radical (unpaired) electrons. The van der Waals surface area contributed by atoms with Crippen molar-refractivity contribution in [2.45, 2.75) is 108 Å². The minimum atomic E-state index is -1.07. The van der Waals surface area contributed by atoms with E-state index in [4.69, 9.17) is 16.6 Å². The van der Waals surface area contributed by atoms with Crippen molar-refractivity contribution >= 4 is 64.9 Å². The van der Waals surface area contributed by atoms with Crippen LogP contribution in [0, 0.1) is 5.92 Å². The predicted molar refractivity (Wildman–Crippen MR) is 198 cm³/mol. The number of nitrogens with two attached hydrogens (primary N) is 2. The molecule has 5 atom stereocenters. The van der Waals surface area contributed by atoms with E-state index in [0.29, 0.717) is 24.3 Å². The Hall–Kier alpha value is -3.25. The van der Waals surface area contributed by atoms with E-state index in [2.05, 4.69) is 36.9 Å². The van der Waals surface area contributed by atoms with Crippen molar-refractivity contribution < 1.29 is 33.9 Å². The van der Waals surface area contributed by atoms with Crippen LogP contribution in [0.25, 0.3) is 0 Å². The fourth-order valence-corrected chi connectivity index (χ4v) is 6.49. The molecule has 6 amide bonds. The molecule has 0 saturated heterocycles. The molecule has 0 bridgehead atoms. The van der Waals surface area contributed by atoms with Crippen LogP contribution >= 0.6 is 23.5 Å². The van der Waals surface area contributed by atoms with Crippen LogP contribution in [0.1, 0.15) is 78.1 Å². The van der Waals surface area contributed by atoms with Gasteiger partial charge in [0.25, 0.3) is 0 Å². The molecule has 0 aromatic rings. The fourth-order valence-electron chi connectivity index (χ4n) is 5.54. The molecule has 0 spiro atoms. The second-order valence-electron chi connectivity index (χ2n) is 12.4. The monoisotopic (exact) mass is 745 g/mol. The molecule has 0 aromatic carbocycles. The normalized spacial score (nSPS) is 16.0. The second-order valence-corrected chi connectivity index (χ2v) is 14.4. The average Bonchev–Trinajstić information content (AvgIpc) is 3.07. The summed E-state index contributed by atoms with van der Waals surface area (Å²) in [7, 11) is 0. The van der Waals surface area contributed by atoms with Gasteiger partial charge in [0.15, 0.2) is 5.96 Å². The smallest absolute Gasteiger partial charge is 0.243 e. The maximum atomic E-state index is 13.8. The maximum absolute atomic E-state index is 13.8. The minimum absolute atomic E-state index is 0.0344. The molecule has 11 N–H and O–H groups in total. The number of amides is 6. The van der Waals surface area contributed by atoms with E-state index in [1.807, 2.05) is 12.5 Å². The molecule has 1 rings (SSSR count). The van der Waals surface area contributed by atoms with Crippen LogP contribution in [0.5, 0.6) is 0 Å². The number of guanidine groups is 1. The highest BCUT2D eigenvalue weighted by Gasteiger charge is 2.32. The Bertz CT molecular complexity index is 1120. The number of nitrogens with zero attached hydrogens (tertiary/aromatic N) is 1. The molecule has 0 aliphatic heterocycles. The molecule has 1 aliphatic carbocycles. The van der Waals surface area contributed by atoms with Crippen molar-refractivity contribution in [1.82, 2.24) is 31.9 Å². The highest BCUT2D eigenvalue weighted by Crippen LogP contribution is 2.27. The molecule has 0 unspecified atom stereocenters. The lowest BCUT2D eigenvalue weighted by Gasteiger charge is -2.29. The zero-order chi connectivity index (χ0) is 37.5. The summed E-state index contributed by atoms with van der Waals surface area (Å²) in [5.74, 6) is -1.90. The van der Waals surface area contributed by atoms with E-state index in [0.717, 1.165) is 32.1 Å². The van der Waals surface area contributed by atoms with Gasteiger partial charge in [-0.2, -0.15) is 23.5 Å². The number of hydrogen-bond donors (Lipinski definition) is 9. The van der Waals surface area contributed by atoms with Crippen LogP contribution in [-0.2, 0) is 28.8 Å². The average molecular weight is 746 g/mol. The highest BCUT2D eigenvalue weighted by atomic mass is 32.2. The molecule has 1 saturated carbocycles. The number of thioether (sulfide) groups is 2. The van der Waals surface area contributed by atoms with Gasteiger partial charge in [-0.25, -0.2) is 0 Å². The van der Waals surface area contributed by atoms with Gasteiger partial charge in [-0.15, -0.1) is 0 Å². The van der Waals surface area contributed by atoms with Gasteiger partial charge >= 0.3 is 0 Å². The van der Waals surface area contributed by atoms with Crippen LogP contribution in [0.2, 0.25) is 0 Å². The van der Waals surface area contributed by atoms with E-state index < -0.39 is 59.7 Å². The third-order valence-corrected chi connectivity index (χ3v) is 9.50. The summed E-state index contributed by atoms with van der Waals surface area (Å²) >= 11 is 2.95. The third kappa shape index (κ3) is 18.7. The summed E-state index contributed by atoms with van der Waals surface area (Å²) in [5.41, 5.74) is 10.9. The Morgan fingerprint density at radius 1 is 0.740 bits per heavy atom. The van der Waals surface area contributed by atoms with E-state index in [1.54, 1.807) is 0 Å². The van der Waals surface area contributed by atoms with E-state index >= 15 is 0 Å². The topological polar surface area (TPSA) is 259 Å². The van der Waals surface area contributed by atoms with E-state index in [1.165, 1.54) is 37.4 Å². The molecular weight excluding hydrogens is 687 g/mol. The van der Waals surface area contributed by atoms with Crippen molar-refractivity contribution in [3.63, 3.8) is 0 Å². The van der Waals surface area contributed by atoms with Gasteiger partial charge in [-0.3, -0.25) is 33.8 Å². The van der Waals surface area contributed by atoms with E-state index in [9.17, 15) is 28.8 Å². The second kappa shape index (κ2) is 25.7. The van der Waals surface area contributed by atoms with Gasteiger partial charge in [0.2, 0.25) is 35.4 Å². The number of carbonyl (C=O) groups excluding carboxylic acids is 6. The molecule has 1 aliphatic rings. The summed E-state index contributed by atoms with van der Waals surface area (Å²) in [4.78, 5) is 82.4. The predicted octanol–water partition coefficient (Wildman–Crippen LogP) is -0.911. The quantitative estimate of drug-likeness (QED) is 0.0332. The Kier molecular flexibility index (Phi) is 23.0.